The summed E-state index contributed by atoms with van der Waals surface area (Å²) >= 11 is 0. The molecule has 1 atom stereocenters. The molecule has 0 aliphatic heterocycles. The van der Waals surface area contributed by atoms with Gasteiger partial charge in [0, 0.05) is 12.6 Å². The quantitative estimate of drug-likeness (QED) is 0.831. The number of nitrogens with two attached hydrogens (primary N) is 2. The van der Waals surface area contributed by atoms with E-state index < -0.39 is 0 Å². The molecule has 0 heterocycles. The van der Waals surface area contributed by atoms with Crippen molar-refractivity contribution in [3.05, 3.63) is 71.8 Å². The first-order valence-electron chi connectivity index (χ1n) is 6.83. The lowest BCUT2D eigenvalue weighted by atomic mass is 9.87. The summed E-state index contributed by atoms with van der Waals surface area (Å²) in [6.07, 6.45) is 1.96. The maximum atomic E-state index is 6.19. The summed E-state index contributed by atoms with van der Waals surface area (Å²) in [5, 5.41) is 0. The molecule has 2 heteroatoms. The van der Waals surface area contributed by atoms with Gasteiger partial charge in [-0.1, -0.05) is 60.7 Å². The topological polar surface area (TPSA) is 52.0 Å². The average Bonchev–Trinajstić information content (AvgIpc) is 2.48. The number of hydrogen-bond donors (Lipinski definition) is 2. The molecular weight excluding hydrogens is 232 g/mol. The molecule has 0 saturated heterocycles. The van der Waals surface area contributed by atoms with Crippen molar-refractivity contribution in [2.45, 2.75) is 18.9 Å². The van der Waals surface area contributed by atoms with Crippen LogP contribution in [0.25, 0.3) is 0 Å². The van der Waals surface area contributed by atoms with Crippen molar-refractivity contribution in [2.24, 2.45) is 17.4 Å². The summed E-state index contributed by atoms with van der Waals surface area (Å²) in [7, 11) is 0. The molecule has 2 nitrogen and oxygen atoms in total. The highest BCUT2D eigenvalue weighted by molar-refractivity contribution is 5.19. The first-order chi connectivity index (χ1) is 9.29. The van der Waals surface area contributed by atoms with Crippen LogP contribution >= 0.6 is 0 Å². The summed E-state index contributed by atoms with van der Waals surface area (Å²) < 4.78 is 0. The largest absolute Gasteiger partial charge is 0.329 e. The molecular formula is C17H22N2. The third-order valence-corrected chi connectivity index (χ3v) is 3.56. The van der Waals surface area contributed by atoms with Gasteiger partial charge in [-0.15, -0.1) is 0 Å². The predicted octanol–water partition coefficient (Wildman–Crippen LogP) is 2.37. The molecule has 19 heavy (non-hydrogen) atoms. The third kappa shape index (κ3) is 4.19. The van der Waals surface area contributed by atoms with Gasteiger partial charge >= 0.3 is 0 Å². The zero-order valence-electron chi connectivity index (χ0n) is 11.2. The summed E-state index contributed by atoms with van der Waals surface area (Å²) in [6, 6.07) is 21.0. The Hall–Kier alpha value is -1.64. The van der Waals surface area contributed by atoms with E-state index in [1.54, 1.807) is 0 Å². The highest BCUT2D eigenvalue weighted by atomic mass is 14.7. The molecule has 4 N–H and O–H groups in total. The van der Waals surface area contributed by atoms with E-state index in [1.165, 1.54) is 11.1 Å². The van der Waals surface area contributed by atoms with Crippen molar-refractivity contribution >= 4 is 0 Å². The van der Waals surface area contributed by atoms with Gasteiger partial charge in [0.05, 0.1) is 0 Å². The zero-order valence-corrected chi connectivity index (χ0v) is 11.2. The van der Waals surface area contributed by atoms with Crippen molar-refractivity contribution in [3.8, 4) is 0 Å². The highest BCUT2D eigenvalue weighted by Gasteiger charge is 2.17. The molecule has 0 bridgehead atoms. The van der Waals surface area contributed by atoms with Crippen LogP contribution in [0, 0.1) is 5.92 Å². The van der Waals surface area contributed by atoms with Crippen LogP contribution in [0.5, 0.6) is 0 Å². The Morgan fingerprint density at radius 3 is 1.53 bits per heavy atom. The fraction of sp³-hybridized carbons (Fsp3) is 0.294. The van der Waals surface area contributed by atoms with Crippen molar-refractivity contribution in [2.75, 3.05) is 6.54 Å². The molecule has 2 aromatic rings. The van der Waals surface area contributed by atoms with E-state index in [0.717, 1.165) is 12.8 Å². The second-order valence-corrected chi connectivity index (χ2v) is 5.04. The second kappa shape index (κ2) is 7.07. The molecule has 0 fully saturated rings. The van der Waals surface area contributed by atoms with E-state index in [4.69, 9.17) is 11.5 Å². The maximum Gasteiger partial charge on any atom is 0.0198 e. The van der Waals surface area contributed by atoms with Crippen molar-refractivity contribution in [3.63, 3.8) is 0 Å². The minimum Gasteiger partial charge on any atom is -0.329 e. The summed E-state index contributed by atoms with van der Waals surface area (Å²) in [5.74, 6) is 0.384. The predicted molar refractivity (Wildman–Crippen MR) is 80.8 cm³/mol. The minimum absolute atomic E-state index is 0.0420. The molecule has 0 saturated carbocycles. The fourth-order valence-corrected chi connectivity index (χ4v) is 2.40. The monoisotopic (exact) mass is 254 g/mol. The zero-order chi connectivity index (χ0) is 13.5. The van der Waals surface area contributed by atoms with Gasteiger partial charge in [0.1, 0.15) is 0 Å². The Labute approximate surface area is 115 Å². The van der Waals surface area contributed by atoms with E-state index in [2.05, 4.69) is 48.5 Å². The van der Waals surface area contributed by atoms with Gasteiger partial charge in [0.2, 0.25) is 0 Å². The van der Waals surface area contributed by atoms with Gasteiger partial charge in [-0.3, -0.25) is 0 Å². The van der Waals surface area contributed by atoms with E-state index in [-0.39, 0.29) is 6.04 Å². The number of benzene rings is 2. The molecule has 0 aliphatic carbocycles. The molecule has 0 aliphatic rings. The maximum absolute atomic E-state index is 6.19. The van der Waals surface area contributed by atoms with Gasteiger partial charge in [0.15, 0.2) is 0 Å². The van der Waals surface area contributed by atoms with Gasteiger partial charge in [-0.25, -0.2) is 0 Å². The Morgan fingerprint density at radius 1 is 0.737 bits per heavy atom. The Kier molecular flexibility index (Phi) is 5.13. The van der Waals surface area contributed by atoms with Crippen LogP contribution in [0.3, 0.4) is 0 Å². The summed E-state index contributed by atoms with van der Waals surface area (Å²) in [6.45, 7) is 0.532. The molecule has 0 spiro atoms. The Balaban J connectivity index is 2.08. The number of hydrogen-bond acceptors (Lipinski definition) is 2. The van der Waals surface area contributed by atoms with Gasteiger partial charge < -0.3 is 11.5 Å². The van der Waals surface area contributed by atoms with Crippen LogP contribution in [-0.2, 0) is 12.8 Å². The van der Waals surface area contributed by atoms with Gasteiger partial charge in [0.25, 0.3) is 0 Å². The smallest absolute Gasteiger partial charge is 0.0198 e. The first kappa shape index (κ1) is 13.8. The fourth-order valence-electron chi connectivity index (χ4n) is 2.40. The first-order valence-corrected chi connectivity index (χ1v) is 6.83. The summed E-state index contributed by atoms with van der Waals surface area (Å²) in [5.41, 5.74) is 14.6. The highest BCUT2D eigenvalue weighted by Crippen LogP contribution is 2.17. The van der Waals surface area contributed by atoms with E-state index in [0.29, 0.717) is 12.5 Å². The van der Waals surface area contributed by atoms with Crippen LogP contribution in [0.4, 0.5) is 0 Å². The minimum atomic E-state index is 0.0420. The SMILES string of the molecule is NCC(N)C(Cc1ccccc1)Cc1ccccc1. The van der Waals surface area contributed by atoms with E-state index >= 15 is 0 Å². The Bertz CT molecular complexity index is 426. The lowest BCUT2D eigenvalue weighted by Crippen LogP contribution is -2.39. The molecule has 0 amide bonds. The second-order valence-electron chi connectivity index (χ2n) is 5.04. The molecule has 2 rings (SSSR count). The third-order valence-electron chi connectivity index (χ3n) is 3.56. The van der Waals surface area contributed by atoms with Crippen LogP contribution in [0.1, 0.15) is 11.1 Å². The molecule has 1 unspecified atom stereocenters. The Morgan fingerprint density at radius 2 is 1.16 bits per heavy atom. The van der Waals surface area contributed by atoms with Crippen molar-refractivity contribution in [1.82, 2.24) is 0 Å². The van der Waals surface area contributed by atoms with Crippen LogP contribution in [0.15, 0.2) is 60.7 Å². The molecule has 100 valence electrons. The lowest BCUT2D eigenvalue weighted by Gasteiger charge is -2.23. The van der Waals surface area contributed by atoms with Crippen LogP contribution < -0.4 is 11.5 Å². The molecule has 0 aromatic heterocycles. The van der Waals surface area contributed by atoms with E-state index in [9.17, 15) is 0 Å². The normalized spacial score (nSPS) is 12.6. The van der Waals surface area contributed by atoms with Gasteiger partial charge in [-0.05, 0) is 29.9 Å². The lowest BCUT2D eigenvalue weighted by molar-refractivity contribution is 0.420. The van der Waals surface area contributed by atoms with Crippen molar-refractivity contribution < 1.29 is 0 Å². The molecule has 2 aromatic carbocycles. The van der Waals surface area contributed by atoms with E-state index in [1.807, 2.05) is 12.1 Å². The summed E-state index contributed by atoms with van der Waals surface area (Å²) in [4.78, 5) is 0. The van der Waals surface area contributed by atoms with Gasteiger partial charge in [-0.2, -0.15) is 0 Å². The average molecular weight is 254 g/mol. The molecule has 0 radical (unpaired) electrons. The van der Waals surface area contributed by atoms with Crippen LogP contribution in [0.2, 0.25) is 0 Å². The van der Waals surface area contributed by atoms with Crippen LogP contribution in [-0.4, -0.2) is 12.6 Å². The number of rotatable bonds is 6. The van der Waals surface area contributed by atoms with Crippen molar-refractivity contribution in [1.29, 1.82) is 0 Å². The standard InChI is InChI=1S/C17H22N2/c18-13-17(19)16(11-14-7-3-1-4-8-14)12-15-9-5-2-6-10-15/h1-10,16-17H,11-13,18-19H2.